The van der Waals surface area contributed by atoms with Gasteiger partial charge >= 0.3 is 0 Å². The molecule has 2 aromatic rings. The topological polar surface area (TPSA) is 77.2 Å². The highest BCUT2D eigenvalue weighted by Gasteiger charge is 2.10. The Labute approximate surface area is 103 Å². The first-order valence-corrected chi connectivity index (χ1v) is 5.62. The molecule has 1 N–H and O–H groups in total. The first-order valence-electron chi connectivity index (χ1n) is 5.62. The second-order valence-electron chi connectivity index (χ2n) is 3.90. The summed E-state index contributed by atoms with van der Waals surface area (Å²) < 4.78 is 1.77. The summed E-state index contributed by atoms with van der Waals surface area (Å²) in [6, 6.07) is 6.37. The Balaban J connectivity index is 2.31. The van der Waals surface area contributed by atoms with Crippen LogP contribution in [0.5, 0.6) is 0 Å². The molecule has 1 aromatic carbocycles. The van der Waals surface area contributed by atoms with Crippen LogP contribution in [-0.2, 0) is 11.3 Å². The van der Waals surface area contributed by atoms with Gasteiger partial charge < -0.3 is 9.88 Å². The van der Waals surface area contributed by atoms with Gasteiger partial charge in [0.2, 0.25) is 5.91 Å². The second-order valence-corrected chi connectivity index (χ2v) is 3.90. The molecule has 0 bridgehead atoms. The summed E-state index contributed by atoms with van der Waals surface area (Å²) in [6.07, 6.45) is 1.75. The number of likely N-dealkylation sites (N-methyl/N-ethyl adjacent to an activating group) is 1. The maximum atomic E-state index is 11.5. The van der Waals surface area contributed by atoms with Crippen LogP contribution < -0.4 is 5.32 Å². The van der Waals surface area contributed by atoms with E-state index in [0.717, 1.165) is 10.9 Å². The van der Waals surface area contributed by atoms with E-state index in [0.29, 0.717) is 6.54 Å². The fourth-order valence-corrected chi connectivity index (χ4v) is 1.85. The zero-order valence-electron chi connectivity index (χ0n) is 9.92. The SMILES string of the molecule is CCNC(=O)Cn1ccc2cc([N+](=O)[O-])ccc21. The van der Waals surface area contributed by atoms with Crippen molar-refractivity contribution in [3.63, 3.8) is 0 Å². The van der Waals surface area contributed by atoms with E-state index in [4.69, 9.17) is 0 Å². The van der Waals surface area contributed by atoms with E-state index in [1.165, 1.54) is 12.1 Å². The van der Waals surface area contributed by atoms with Crippen LogP contribution in [0.4, 0.5) is 5.69 Å². The zero-order valence-corrected chi connectivity index (χ0v) is 9.92. The third-order valence-electron chi connectivity index (χ3n) is 2.65. The highest BCUT2D eigenvalue weighted by Crippen LogP contribution is 2.21. The Kier molecular flexibility index (Phi) is 3.27. The highest BCUT2D eigenvalue weighted by atomic mass is 16.6. The average molecular weight is 247 g/mol. The van der Waals surface area contributed by atoms with Crippen molar-refractivity contribution in [1.82, 2.24) is 9.88 Å². The summed E-state index contributed by atoms with van der Waals surface area (Å²) in [6.45, 7) is 2.66. The molecule has 0 aliphatic carbocycles. The second kappa shape index (κ2) is 4.87. The molecular weight excluding hydrogens is 234 g/mol. The minimum absolute atomic E-state index is 0.0539. The van der Waals surface area contributed by atoms with Gasteiger partial charge in [0.05, 0.1) is 4.92 Å². The number of hydrogen-bond donors (Lipinski definition) is 1. The number of hydrogen-bond acceptors (Lipinski definition) is 3. The largest absolute Gasteiger partial charge is 0.355 e. The smallest absolute Gasteiger partial charge is 0.270 e. The molecule has 0 radical (unpaired) electrons. The van der Waals surface area contributed by atoms with Crippen molar-refractivity contribution >= 4 is 22.5 Å². The molecule has 0 saturated heterocycles. The Bertz CT molecular complexity index is 604. The van der Waals surface area contributed by atoms with Crippen molar-refractivity contribution in [1.29, 1.82) is 0 Å². The van der Waals surface area contributed by atoms with Gasteiger partial charge in [0.1, 0.15) is 6.54 Å². The molecule has 2 rings (SSSR count). The summed E-state index contributed by atoms with van der Waals surface area (Å²) in [5.74, 6) is -0.0756. The average Bonchev–Trinajstić information content (AvgIpc) is 2.72. The first kappa shape index (κ1) is 12.1. The molecule has 6 heteroatoms. The number of benzene rings is 1. The Morgan fingerprint density at radius 1 is 1.44 bits per heavy atom. The third-order valence-corrected chi connectivity index (χ3v) is 2.65. The van der Waals surface area contributed by atoms with Crippen LogP contribution in [0.25, 0.3) is 10.9 Å². The Morgan fingerprint density at radius 3 is 2.89 bits per heavy atom. The summed E-state index contributed by atoms with van der Waals surface area (Å²) in [7, 11) is 0. The first-order chi connectivity index (χ1) is 8.61. The van der Waals surface area contributed by atoms with Crippen molar-refractivity contribution in [2.75, 3.05) is 6.54 Å². The molecule has 18 heavy (non-hydrogen) atoms. The van der Waals surface area contributed by atoms with E-state index >= 15 is 0 Å². The quantitative estimate of drug-likeness (QED) is 0.659. The molecule has 1 heterocycles. The molecule has 0 atom stereocenters. The fourth-order valence-electron chi connectivity index (χ4n) is 1.85. The molecule has 0 spiro atoms. The van der Waals surface area contributed by atoms with Crippen molar-refractivity contribution < 1.29 is 9.72 Å². The highest BCUT2D eigenvalue weighted by molar-refractivity contribution is 5.84. The number of carbonyl (C=O) groups is 1. The molecule has 0 saturated carbocycles. The van der Waals surface area contributed by atoms with E-state index in [9.17, 15) is 14.9 Å². The van der Waals surface area contributed by atoms with Crippen LogP contribution in [-0.4, -0.2) is 21.9 Å². The lowest BCUT2D eigenvalue weighted by Crippen LogP contribution is -2.26. The summed E-state index contributed by atoms with van der Waals surface area (Å²) >= 11 is 0. The van der Waals surface area contributed by atoms with Crippen molar-refractivity contribution in [2.24, 2.45) is 0 Å². The minimum atomic E-state index is -0.430. The number of aromatic nitrogens is 1. The number of nitrogens with zero attached hydrogens (tertiary/aromatic N) is 2. The van der Waals surface area contributed by atoms with Gasteiger partial charge in [-0.05, 0) is 19.1 Å². The van der Waals surface area contributed by atoms with Crippen LogP contribution in [0.3, 0.4) is 0 Å². The molecule has 94 valence electrons. The maximum Gasteiger partial charge on any atom is 0.270 e. The van der Waals surface area contributed by atoms with E-state index in [2.05, 4.69) is 5.32 Å². The van der Waals surface area contributed by atoms with Gasteiger partial charge in [0.25, 0.3) is 5.69 Å². The Hall–Kier alpha value is -2.37. The van der Waals surface area contributed by atoms with Crippen LogP contribution >= 0.6 is 0 Å². The number of non-ortho nitro benzene ring substituents is 1. The Morgan fingerprint density at radius 2 is 2.22 bits per heavy atom. The van der Waals surface area contributed by atoms with Gasteiger partial charge in [-0.3, -0.25) is 14.9 Å². The van der Waals surface area contributed by atoms with Gasteiger partial charge in [-0.15, -0.1) is 0 Å². The summed E-state index contributed by atoms with van der Waals surface area (Å²) in [4.78, 5) is 21.7. The molecule has 0 unspecified atom stereocenters. The van der Waals surface area contributed by atoms with Crippen LogP contribution in [0.2, 0.25) is 0 Å². The maximum absolute atomic E-state index is 11.5. The number of amides is 1. The van der Waals surface area contributed by atoms with Crippen LogP contribution in [0, 0.1) is 10.1 Å². The predicted molar refractivity (Wildman–Crippen MR) is 67.3 cm³/mol. The molecule has 6 nitrogen and oxygen atoms in total. The van der Waals surface area contributed by atoms with Crippen molar-refractivity contribution in [2.45, 2.75) is 13.5 Å². The van der Waals surface area contributed by atoms with E-state index in [-0.39, 0.29) is 18.1 Å². The van der Waals surface area contributed by atoms with Crippen molar-refractivity contribution in [3.8, 4) is 0 Å². The molecule has 1 aromatic heterocycles. The number of carbonyl (C=O) groups excluding carboxylic acids is 1. The molecular formula is C12H13N3O3. The summed E-state index contributed by atoms with van der Waals surface area (Å²) in [5.41, 5.74) is 0.866. The van der Waals surface area contributed by atoms with E-state index < -0.39 is 4.92 Å². The van der Waals surface area contributed by atoms with Crippen molar-refractivity contribution in [3.05, 3.63) is 40.6 Å². The van der Waals surface area contributed by atoms with Gasteiger partial charge in [-0.2, -0.15) is 0 Å². The number of nitro groups is 1. The molecule has 0 fully saturated rings. The zero-order chi connectivity index (χ0) is 13.1. The van der Waals surface area contributed by atoms with Crippen LogP contribution in [0.1, 0.15) is 6.92 Å². The van der Waals surface area contributed by atoms with Crippen LogP contribution in [0.15, 0.2) is 30.5 Å². The molecule has 1 amide bonds. The van der Waals surface area contributed by atoms with Gasteiger partial charge in [-0.1, -0.05) is 0 Å². The fraction of sp³-hybridized carbons (Fsp3) is 0.250. The monoisotopic (exact) mass is 247 g/mol. The number of rotatable bonds is 4. The lowest BCUT2D eigenvalue weighted by Gasteiger charge is -2.05. The van der Waals surface area contributed by atoms with E-state index in [1.54, 1.807) is 22.9 Å². The van der Waals surface area contributed by atoms with E-state index in [1.807, 2.05) is 6.92 Å². The molecule has 0 aliphatic rings. The van der Waals surface area contributed by atoms with Gasteiger partial charge in [-0.25, -0.2) is 0 Å². The number of nitro benzene ring substituents is 1. The standard InChI is InChI=1S/C12H13N3O3/c1-2-13-12(16)8-14-6-5-9-7-10(15(17)18)3-4-11(9)14/h3-7H,2,8H2,1H3,(H,13,16). The van der Waals surface area contributed by atoms with Gasteiger partial charge in [0.15, 0.2) is 0 Å². The number of fused-ring (bicyclic) bond motifs is 1. The predicted octanol–water partition coefficient (Wildman–Crippen LogP) is 1.69. The van der Waals surface area contributed by atoms with Gasteiger partial charge in [0, 0.05) is 35.8 Å². The normalized spacial score (nSPS) is 10.5. The third kappa shape index (κ3) is 2.32. The number of nitrogens with one attached hydrogen (secondary N) is 1. The molecule has 0 aliphatic heterocycles. The lowest BCUT2D eigenvalue weighted by atomic mass is 10.2. The summed E-state index contributed by atoms with van der Waals surface area (Å²) in [5, 5.41) is 14.1. The lowest BCUT2D eigenvalue weighted by molar-refractivity contribution is -0.384. The minimum Gasteiger partial charge on any atom is -0.355 e.